The van der Waals surface area contributed by atoms with Gasteiger partial charge in [-0.2, -0.15) is 0 Å². The largest absolute Gasteiger partial charge is 0.496 e. The molecule has 1 rings (SSSR count). The second kappa shape index (κ2) is 7.39. The third-order valence-electron chi connectivity index (χ3n) is 3.25. The van der Waals surface area contributed by atoms with E-state index in [0.717, 1.165) is 17.7 Å². The van der Waals surface area contributed by atoms with E-state index in [4.69, 9.17) is 9.47 Å². The lowest BCUT2D eigenvalue weighted by Gasteiger charge is -2.20. The fourth-order valence-corrected chi connectivity index (χ4v) is 1.98. The van der Waals surface area contributed by atoms with E-state index in [1.54, 1.807) is 14.2 Å². The molecular formula is C15H25NO2. The summed E-state index contributed by atoms with van der Waals surface area (Å²) in [6.07, 6.45) is 1.13. The normalized spacial score (nSPS) is 14.3. The van der Waals surface area contributed by atoms with Crippen molar-refractivity contribution in [3.05, 3.63) is 29.3 Å². The van der Waals surface area contributed by atoms with Crippen molar-refractivity contribution in [1.29, 1.82) is 0 Å². The standard InChI is InChI=1S/C15H25NO2/c1-6-11(2)16-12(3)13-7-8-15(18-5)14(9-13)10-17-4/h7-9,11-12,16H,6,10H2,1-5H3. The molecule has 0 saturated carbocycles. The predicted molar refractivity (Wildman–Crippen MR) is 75.0 cm³/mol. The zero-order chi connectivity index (χ0) is 13.5. The van der Waals surface area contributed by atoms with E-state index < -0.39 is 0 Å². The van der Waals surface area contributed by atoms with Gasteiger partial charge in [0.15, 0.2) is 0 Å². The van der Waals surface area contributed by atoms with E-state index in [1.807, 2.05) is 6.07 Å². The molecule has 0 fully saturated rings. The van der Waals surface area contributed by atoms with Gasteiger partial charge in [-0.15, -0.1) is 0 Å². The topological polar surface area (TPSA) is 30.5 Å². The van der Waals surface area contributed by atoms with Crippen LogP contribution in [-0.2, 0) is 11.3 Å². The summed E-state index contributed by atoms with van der Waals surface area (Å²) in [5, 5.41) is 3.57. The number of nitrogens with one attached hydrogen (secondary N) is 1. The Labute approximate surface area is 110 Å². The van der Waals surface area contributed by atoms with Gasteiger partial charge in [-0.3, -0.25) is 0 Å². The van der Waals surface area contributed by atoms with Crippen molar-refractivity contribution in [2.45, 2.75) is 45.9 Å². The van der Waals surface area contributed by atoms with E-state index in [-0.39, 0.29) is 0 Å². The monoisotopic (exact) mass is 251 g/mol. The van der Waals surface area contributed by atoms with E-state index in [9.17, 15) is 0 Å². The minimum Gasteiger partial charge on any atom is -0.496 e. The van der Waals surface area contributed by atoms with Crippen molar-refractivity contribution in [2.24, 2.45) is 0 Å². The Morgan fingerprint density at radius 3 is 2.50 bits per heavy atom. The van der Waals surface area contributed by atoms with Gasteiger partial charge in [-0.25, -0.2) is 0 Å². The molecule has 102 valence electrons. The summed E-state index contributed by atoms with van der Waals surface area (Å²) in [7, 11) is 3.39. The van der Waals surface area contributed by atoms with Crippen molar-refractivity contribution < 1.29 is 9.47 Å². The molecule has 0 spiro atoms. The van der Waals surface area contributed by atoms with E-state index >= 15 is 0 Å². The Kier molecular flexibility index (Phi) is 6.16. The van der Waals surface area contributed by atoms with E-state index in [2.05, 4.69) is 38.2 Å². The third kappa shape index (κ3) is 4.00. The van der Waals surface area contributed by atoms with Crippen LogP contribution in [0.5, 0.6) is 5.75 Å². The first-order valence-electron chi connectivity index (χ1n) is 6.54. The van der Waals surface area contributed by atoms with E-state index in [0.29, 0.717) is 18.7 Å². The molecule has 1 aromatic carbocycles. The molecule has 0 bridgehead atoms. The summed E-state index contributed by atoms with van der Waals surface area (Å²) >= 11 is 0. The zero-order valence-corrected chi connectivity index (χ0v) is 12.1. The number of ether oxygens (including phenoxy) is 2. The lowest BCUT2D eigenvalue weighted by atomic mass is 10.0. The van der Waals surface area contributed by atoms with Gasteiger partial charge in [0.1, 0.15) is 5.75 Å². The molecule has 1 aromatic rings. The Morgan fingerprint density at radius 2 is 1.94 bits per heavy atom. The fraction of sp³-hybridized carbons (Fsp3) is 0.600. The number of benzene rings is 1. The van der Waals surface area contributed by atoms with Crippen LogP contribution in [0, 0.1) is 0 Å². The zero-order valence-electron chi connectivity index (χ0n) is 12.1. The number of hydrogen-bond acceptors (Lipinski definition) is 3. The van der Waals surface area contributed by atoms with Crippen LogP contribution in [0.25, 0.3) is 0 Å². The maximum atomic E-state index is 5.33. The van der Waals surface area contributed by atoms with Gasteiger partial charge in [0.25, 0.3) is 0 Å². The maximum Gasteiger partial charge on any atom is 0.124 e. The van der Waals surface area contributed by atoms with Gasteiger partial charge in [0.05, 0.1) is 13.7 Å². The van der Waals surface area contributed by atoms with Gasteiger partial charge < -0.3 is 14.8 Å². The Morgan fingerprint density at radius 1 is 1.22 bits per heavy atom. The van der Waals surface area contributed by atoms with Crippen LogP contribution in [0.4, 0.5) is 0 Å². The second-order valence-electron chi connectivity index (χ2n) is 4.70. The van der Waals surface area contributed by atoms with Crippen LogP contribution in [0.1, 0.15) is 44.4 Å². The van der Waals surface area contributed by atoms with Crippen LogP contribution >= 0.6 is 0 Å². The molecule has 0 aliphatic rings. The molecule has 2 atom stereocenters. The summed E-state index contributed by atoms with van der Waals surface area (Å²) < 4.78 is 10.5. The van der Waals surface area contributed by atoms with Crippen molar-refractivity contribution in [3.63, 3.8) is 0 Å². The number of hydrogen-bond donors (Lipinski definition) is 1. The molecule has 0 aliphatic heterocycles. The van der Waals surface area contributed by atoms with Crippen LogP contribution < -0.4 is 10.1 Å². The lowest BCUT2D eigenvalue weighted by molar-refractivity contribution is 0.181. The highest BCUT2D eigenvalue weighted by Gasteiger charge is 2.11. The van der Waals surface area contributed by atoms with Crippen LogP contribution in [0.15, 0.2) is 18.2 Å². The Balaban J connectivity index is 2.86. The number of rotatable bonds is 7. The summed E-state index contributed by atoms with van der Waals surface area (Å²) in [6, 6.07) is 7.13. The van der Waals surface area contributed by atoms with Gasteiger partial charge in [0.2, 0.25) is 0 Å². The first-order valence-corrected chi connectivity index (χ1v) is 6.54. The third-order valence-corrected chi connectivity index (χ3v) is 3.25. The Hall–Kier alpha value is -1.06. The highest BCUT2D eigenvalue weighted by atomic mass is 16.5. The highest BCUT2D eigenvalue weighted by molar-refractivity contribution is 5.38. The average Bonchev–Trinajstić information content (AvgIpc) is 2.38. The van der Waals surface area contributed by atoms with Crippen LogP contribution in [0.3, 0.4) is 0 Å². The second-order valence-corrected chi connectivity index (χ2v) is 4.70. The molecule has 0 heterocycles. The smallest absolute Gasteiger partial charge is 0.124 e. The van der Waals surface area contributed by atoms with Crippen molar-refractivity contribution in [3.8, 4) is 5.75 Å². The van der Waals surface area contributed by atoms with Crippen LogP contribution in [0.2, 0.25) is 0 Å². The summed E-state index contributed by atoms with van der Waals surface area (Å²) in [4.78, 5) is 0. The highest BCUT2D eigenvalue weighted by Crippen LogP contribution is 2.24. The minimum atomic E-state index is 0.335. The van der Waals surface area contributed by atoms with Crippen molar-refractivity contribution in [1.82, 2.24) is 5.32 Å². The molecule has 0 aliphatic carbocycles. The quantitative estimate of drug-likeness (QED) is 0.806. The summed E-state index contributed by atoms with van der Waals surface area (Å²) in [5.41, 5.74) is 2.36. The van der Waals surface area contributed by atoms with Crippen molar-refractivity contribution in [2.75, 3.05) is 14.2 Å². The molecule has 3 heteroatoms. The molecule has 1 N–H and O–H groups in total. The molecular weight excluding hydrogens is 226 g/mol. The molecule has 0 saturated heterocycles. The average molecular weight is 251 g/mol. The van der Waals surface area contributed by atoms with Gasteiger partial charge in [0, 0.05) is 24.8 Å². The van der Waals surface area contributed by atoms with Crippen molar-refractivity contribution >= 4 is 0 Å². The predicted octanol–water partition coefficient (Wildman–Crippen LogP) is 3.29. The van der Waals surface area contributed by atoms with E-state index in [1.165, 1.54) is 5.56 Å². The first-order chi connectivity index (χ1) is 8.62. The Bertz CT molecular complexity index is 366. The molecule has 2 unspecified atom stereocenters. The molecule has 0 amide bonds. The van der Waals surface area contributed by atoms with Gasteiger partial charge >= 0.3 is 0 Å². The maximum absolute atomic E-state index is 5.33. The minimum absolute atomic E-state index is 0.335. The molecule has 3 nitrogen and oxygen atoms in total. The van der Waals surface area contributed by atoms with Gasteiger partial charge in [-0.05, 0) is 38.0 Å². The summed E-state index contributed by atoms with van der Waals surface area (Å²) in [6.45, 7) is 7.16. The summed E-state index contributed by atoms with van der Waals surface area (Å²) in [5.74, 6) is 0.885. The lowest BCUT2D eigenvalue weighted by Crippen LogP contribution is -2.28. The SMILES string of the molecule is CCC(C)NC(C)c1ccc(OC)c(COC)c1. The molecule has 18 heavy (non-hydrogen) atoms. The molecule has 0 radical (unpaired) electrons. The van der Waals surface area contributed by atoms with Crippen LogP contribution in [-0.4, -0.2) is 20.3 Å². The first kappa shape index (κ1) is 15.0. The van der Waals surface area contributed by atoms with Gasteiger partial charge in [-0.1, -0.05) is 13.0 Å². The number of methoxy groups -OCH3 is 2. The fourth-order valence-electron chi connectivity index (χ4n) is 1.98. The molecule has 0 aromatic heterocycles.